The number of aliphatic hydroxyl groups excluding tert-OH is 1. The zero-order valence-electron chi connectivity index (χ0n) is 18.1. The first-order valence-corrected chi connectivity index (χ1v) is 10.4. The molecule has 1 unspecified atom stereocenters. The van der Waals surface area contributed by atoms with Gasteiger partial charge >= 0.3 is 0 Å². The fourth-order valence-corrected chi connectivity index (χ4v) is 3.47. The molecule has 4 rings (SSSR count). The number of nitrogens with one attached hydrogen (secondary N) is 1. The maximum atomic E-state index is 14.6. The van der Waals surface area contributed by atoms with Crippen LogP contribution in [0.2, 0.25) is 5.02 Å². The van der Waals surface area contributed by atoms with Crippen molar-refractivity contribution in [3.8, 4) is 16.9 Å². The lowest BCUT2D eigenvalue weighted by Gasteiger charge is -2.23. The predicted molar refractivity (Wildman–Crippen MR) is 125 cm³/mol. The highest BCUT2D eigenvalue weighted by molar-refractivity contribution is 6.33. The first kappa shape index (κ1) is 23.4. The zero-order valence-corrected chi connectivity index (χ0v) is 18.9. The predicted octanol–water partition coefficient (Wildman–Crippen LogP) is 3.13. The first-order valence-electron chi connectivity index (χ1n) is 10.0. The third kappa shape index (κ3) is 4.65. The van der Waals surface area contributed by atoms with Crippen LogP contribution in [0, 0.1) is 5.82 Å². The summed E-state index contributed by atoms with van der Waals surface area (Å²) in [5.41, 5.74) is -0.544. The Morgan fingerprint density at radius 3 is 2.71 bits per heavy atom. The minimum atomic E-state index is -2.14. The topological polar surface area (TPSA) is 119 Å². The minimum Gasteiger partial charge on any atom is -0.497 e. The van der Waals surface area contributed by atoms with Crippen molar-refractivity contribution in [1.82, 2.24) is 14.7 Å². The van der Waals surface area contributed by atoms with Crippen molar-refractivity contribution in [2.45, 2.75) is 12.7 Å². The van der Waals surface area contributed by atoms with Crippen LogP contribution in [-0.2, 0) is 0 Å². The Balaban J connectivity index is 1.91. The van der Waals surface area contributed by atoms with Gasteiger partial charge in [0.2, 0.25) is 5.95 Å². The number of hydrogen-bond donors (Lipinski definition) is 3. The molecule has 2 aromatic heterocycles. The number of methoxy groups -OCH3 is 1. The molecule has 0 fully saturated rings. The summed E-state index contributed by atoms with van der Waals surface area (Å²) in [4.78, 5) is 27.3. The van der Waals surface area contributed by atoms with Crippen LogP contribution in [0.5, 0.6) is 5.75 Å². The van der Waals surface area contributed by atoms with Gasteiger partial charge in [0.05, 0.1) is 17.7 Å². The Morgan fingerprint density at radius 2 is 2.00 bits per heavy atom. The van der Waals surface area contributed by atoms with Crippen LogP contribution in [-0.4, -0.2) is 44.4 Å². The van der Waals surface area contributed by atoms with E-state index in [0.717, 1.165) is 13.0 Å². The van der Waals surface area contributed by atoms with E-state index in [9.17, 15) is 19.4 Å². The van der Waals surface area contributed by atoms with Crippen molar-refractivity contribution in [1.29, 1.82) is 0 Å². The number of pyridine rings is 1. The SMILES string of the molecule is COc1cccc(Nc2ncc3cc(-c4c(F)cccc4Cl)c(=O)n(OC(C)(O)CO)c3n2)c1. The van der Waals surface area contributed by atoms with Gasteiger partial charge in [0, 0.05) is 35.8 Å². The molecule has 34 heavy (non-hydrogen) atoms. The Hall–Kier alpha value is -3.73. The van der Waals surface area contributed by atoms with E-state index < -0.39 is 23.8 Å². The van der Waals surface area contributed by atoms with E-state index in [-0.39, 0.29) is 27.7 Å². The van der Waals surface area contributed by atoms with Gasteiger partial charge < -0.3 is 25.1 Å². The minimum absolute atomic E-state index is 0.00847. The number of aromatic nitrogens is 3. The van der Waals surface area contributed by atoms with Crippen molar-refractivity contribution in [3.05, 3.63) is 75.9 Å². The number of hydrogen-bond acceptors (Lipinski definition) is 8. The van der Waals surface area contributed by atoms with E-state index in [4.69, 9.17) is 21.2 Å². The van der Waals surface area contributed by atoms with Crippen molar-refractivity contribution in [3.63, 3.8) is 0 Å². The molecule has 3 N–H and O–H groups in total. The Morgan fingerprint density at radius 1 is 1.24 bits per heavy atom. The van der Waals surface area contributed by atoms with Gasteiger partial charge in [-0.25, -0.2) is 9.37 Å². The molecule has 2 heterocycles. The second-order valence-corrected chi connectivity index (χ2v) is 7.92. The van der Waals surface area contributed by atoms with Crippen LogP contribution in [0.25, 0.3) is 22.2 Å². The third-order valence-corrected chi connectivity index (χ3v) is 5.16. The first-order chi connectivity index (χ1) is 16.2. The summed E-state index contributed by atoms with van der Waals surface area (Å²) in [6.07, 6.45) is 1.40. The number of aliphatic hydroxyl groups is 2. The molecular weight excluding hydrogens is 467 g/mol. The Bertz CT molecular complexity index is 1410. The largest absolute Gasteiger partial charge is 0.497 e. The van der Waals surface area contributed by atoms with Crippen LogP contribution in [0.15, 0.2) is 59.5 Å². The molecule has 0 aliphatic heterocycles. The van der Waals surface area contributed by atoms with E-state index >= 15 is 0 Å². The number of benzene rings is 2. The van der Waals surface area contributed by atoms with Crippen LogP contribution in [0.3, 0.4) is 0 Å². The molecule has 4 aromatic rings. The average molecular weight is 487 g/mol. The van der Waals surface area contributed by atoms with Crippen LogP contribution in [0.1, 0.15) is 6.92 Å². The number of nitrogens with zero attached hydrogens (tertiary/aromatic N) is 3. The highest BCUT2D eigenvalue weighted by Crippen LogP contribution is 2.30. The molecular formula is C23H20ClFN4O5. The van der Waals surface area contributed by atoms with Gasteiger partial charge in [-0.2, -0.15) is 4.98 Å². The third-order valence-electron chi connectivity index (χ3n) is 4.84. The summed E-state index contributed by atoms with van der Waals surface area (Å²) in [5, 5.41) is 23.0. The van der Waals surface area contributed by atoms with E-state index in [2.05, 4.69) is 15.3 Å². The van der Waals surface area contributed by atoms with Gasteiger partial charge in [-0.1, -0.05) is 23.7 Å². The maximum Gasteiger partial charge on any atom is 0.293 e. The number of fused-ring (bicyclic) bond motifs is 1. The lowest BCUT2D eigenvalue weighted by molar-refractivity contribution is -0.211. The second kappa shape index (κ2) is 9.26. The van der Waals surface area contributed by atoms with E-state index in [1.807, 2.05) is 0 Å². The summed E-state index contributed by atoms with van der Waals surface area (Å²) >= 11 is 6.17. The van der Waals surface area contributed by atoms with E-state index in [0.29, 0.717) is 21.6 Å². The molecule has 0 aliphatic rings. The fraction of sp³-hybridized carbons (Fsp3) is 0.174. The smallest absolute Gasteiger partial charge is 0.293 e. The van der Waals surface area contributed by atoms with Crippen LogP contribution >= 0.6 is 11.6 Å². The van der Waals surface area contributed by atoms with Gasteiger partial charge in [0.1, 0.15) is 18.2 Å². The molecule has 176 valence electrons. The second-order valence-electron chi connectivity index (χ2n) is 7.51. The van der Waals surface area contributed by atoms with Crippen molar-refractivity contribution < 1.29 is 24.2 Å². The van der Waals surface area contributed by atoms with Gasteiger partial charge in [0.15, 0.2) is 5.65 Å². The highest BCUT2D eigenvalue weighted by atomic mass is 35.5. The lowest BCUT2D eigenvalue weighted by atomic mass is 10.1. The maximum absolute atomic E-state index is 14.6. The molecule has 0 spiro atoms. The molecule has 1 atom stereocenters. The lowest BCUT2D eigenvalue weighted by Crippen LogP contribution is -2.45. The van der Waals surface area contributed by atoms with Gasteiger partial charge in [-0.15, -0.1) is 4.73 Å². The Kier molecular flexibility index (Phi) is 6.38. The Labute approximate surface area is 198 Å². The number of ether oxygens (including phenoxy) is 1. The quantitative estimate of drug-likeness (QED) is 0.341. The van der Waals surface area contributed by atoms with E-state index in [1.165, 1.54) is 31.5 Å². The molecule has 0 saturated heterocycles. The molecule has 11 heteroatoms. The molecule has 0 radical (unpaired) electrons. The van der Waals surface area contributed by atoms with Gasteiger partial charge in [0.25, 0.3) is 11.3 Å². The summed E-state index contributed by atoms with van der Waals surface area (Å²) in [6.45, 7) is 0.330. The van der Waals surface area contributed by atoms with Crippen molar-refractivity contribution >= 4 is 34.3 Å². The summed E-state index contributed by atoms with van der Waals surface area (Å²) < 4.78 is 20.5. The number of rotatable bonds is 7. The molecule has 2 aromatic carbocycles. The highest BCUT2D eigenvalue weighted by Gasteiger charge is 2.26. The van der Waals surface area contributed by atoms with Crippen molar-refractivity contribution in [2.24, 2.45) is 0 Å². The number of anilines is 2. The normalized spacial score (nSPS) is 12.9. The van der Waals surface area contributed by atoms with Crippen LogP contribution < -0.4 is 20.5 Å². The van der Waals surface area contributed by atoms with Crippen molar-refractivity contribution in [2.75, 3.05) is 19.0 Å². The van der Waals surface area contributed by atoms with E-state index in [1.54, 1.807) is 24.3 Å². The average Bonchev–Trinajstić information content (AvgIpc) is 2.81. The molecule has 0 saturated carbocycles. The van der Waals surface area contributed by atoms with Crippen LogP contribution in [0.4, 0.5) is 16.0 Å². The zero-order chi connectivity index (χ0) is 24.5. The molecule has 0 aliphatic carbocycles. The summed E-state index contributed by atoms with van der Waals surface area (Å²) in [5.74, 6) is -2.14. The van der Waals surface area contributed by atoms with Gasteiger partial charge in [-0.05, 0) is 30.3 Å². The molecule has 9 nitrogen and oxygen atoms in total. The van der Waals surface area contributed by atoms with Gasteiger partial charge in [-0.3, -0.25) is 4.79 Å². The standard InChI is InChI=1S/C23H20ClFN4O5/c1-23(32,12-30)34-29-20-13(9-16(21(29)31)19-17(24)7-4-8-18(19)25)11-26-22(28-20)27-14-5-3-6-15(10-14)33-2/h3-11,30,32H,12H2,1-2H3,(H,26,27,28). The molecule has 0 bridgehead atoms. The molecule has 0 amide bonds. The monoisotopic (exact) mass is 486 g/mol. The summed E-state index contributed by atoms with van der Waals surface area (Å²) in [7, 11) is 1.54. The number of halogens is 2. The fourth-order valence-electron chi connectivity index (χ4n) is 3.20. The summed E-state index contributed by atoms with van der Waals surface area (Å²) in [6, 6.07) is 12.4.